The zero-order valence-corrected chi connectivity index (χ0v) is 28.3. The second-order valence-corrected chi connectivity index (χ2v) is 13.8. The summed E-state index contributed by atoms with van der Waals surface area (Å²) in [6, 6.07) is 0. The van der Waals surface area contributed by atoms with E-state index in [1.807, 2.05) is 0 Å². The first kappa shape index (κ1) is 38.9. The lowest BCUT2D eigenvalue weighted by atomic mass is 9.80. The molecule has 3 saturated heterocycles. The number of esters is 2. The minimum atomic E-state index is -1.76. The standard InChI is InChI=1S/C33H46O19/c1-4-12-13-6-20(50-29(43)15(13)8-46-30(12)51-32-26(40)24(38)22(36)18(7-34)48-32)45-10-19-23(37)25(39)27(41)33(49-19)52-31-21-11(2)17(35)5-14(21)16(9-47-31)28(42)44-3/h4,8-9,11-14,17-27,30-41H,1,5-7,10H2,2-3H3/t11-,12+,13-,14+,17-,18+,19+,20+,21+,22+,23+,24-,25-,26+,27+,30-,31-,32-,33-/m0/s1. The molecule has 0 bridgehead atoms. The number of rotatable bonds is 10. The second kappa shape index (κ2) is 15.9. The van der Waals surface area contributed by atoms with Gasteiger partial charge in [-0.2, -0.15) is 0 Å². The van der Waals surface area contributed by atoms with E-state index in [1.54, 1.807) is 6.92 Å². The Balaban J connectivity index is 1.10. The minimum Gasteiger partial charge on any atom is -0.472 e. The van der Waals surface area contributed by atoms with Gasteiger partial charge < -0.3 is 83.5 Å². The average Bonchev–Trinajstić information content (AvgIpc) is 3.44. The first-order chi connectivity index (χ1) is 24.8. The first-order valence-corrected chi connectivity index (χ1v) is 17.0. The molecule has 5 heterocycles. The number of carbonyl (C=O) groups excluding carboxylic acids is 2. The van der Waals surface area contributed by atoms with Crippen molar-refractivity contribution in [1.29, 1.82) is 0 Å². The summed E-state index contributed by atoms with van der Waals surface area (Å²) in [5.41, 5.74) is 0.346. The van der Waals surface area contributed by atoms with Crippen LogP contribution in [0.3, 0.4) is 0 Å². The first-order valence-electron chi connectivity index (χ1n) is 17.0. The summed E-state index contributed by atoms with van der Waals surface area (Å²) in [5, 5.41) is 83.1. The molecule has 52 heavy (non-hydrogen) atoms. The van der Waals surface area contributed by atoms with Crippen molar-refractivity contribution < 1.29 is 93.1 Å². The van der Waals surface area contributed by atoms with E-state index >= 15 is 0 Å². The number of methoxy groups -OCH3 is 1. The summed E-state index contributed by atoms with van der Waals surface area (Å²) in [5.74, 6) is -4.29. The van der Waals surface area contributed by atoms with Crippen molar-refractivity contribution in [2.45, 2.75) is 106 Å². The highest BCUT2D eigenvalue weighted by Gasteiger charge is 2.54. The topological polar surface area (TPSA) is 279 Å². The van der Waals surface area contributed by atoms with E-state index in [1.165, 1.54) is 19.4 Å². The number of aliphatic hydroxyl groups is 8. The lowest BCUT2D eigenvalue weighted by Crippen LogP contribution is -2.61. The maximum absolute atomic E-state index is 13.0. The smallest absolute Gasteiger partial charge is 0.339 e. The molecule has 6 rings (SSSR count). The molecular formula is C33H46O19. The lowest BCUT2D eigenvalue weighted by Gasteiger charge is -2.45. The molecule has 5 aliphatic heterocycles. The van der Waals surface area contributed by atoms with Gasteiger partial charge in [-0.15, -0.1) is 6.58 Å². The van der Waals surface area contributed by atoms with Gasteiger partial charge in [-0.05, 0) is 12.3 Å². The summed E-state index contributed by atoms with van der Waals surface area (Å²) in [6.07, 6.45) is -16.1. The molecule has 8 N–H and O–H groups in total. The molecule has 0 unspecified atom stereocenters. The molecule has 6 aliphatic rings. The van der Waals surface area contributed by atoms with E-state index in [4.69, 9.17) is 42.6 Å². The van der Waals surface area contributed by atoms with Crippen LogP contribution in [-0.2, 0) is 52.2 Å². The van der Waals surface area contributed by atoms with Gasteiger partial charge in [0.15, 0.2) is 12.6 Å². The van der Waals surface area contributed by atoms with E-state index in [-0.39, 0.29) is 24.0 Å². The molecule has 4 fully saturated rings. The van der Waals surface area contributed by atoms with Crippen LogP contribution >= 0.6 is 0 Å². The van der Waals surface area contributed by atoms with Crippen molar-refractivity contribution in [2.24, 2.45) is 29.6 Å². The van der Waals surface area contributed by atoms with Gasteiger partial charge in [-0.3, -0.25) is 0 Å². The van der Waals surface area contributed by atoms with Gasteiger partial charge in [-0.1, -0.05) is 13.0 Å². The maximum Gasteiger partial charge on any atom is 0.339 e. The number of cyclic esters (lactones) is 1. The highest BCUT2D eigenvalue weighted by atomic mass is 16.8. The summed E-state index contributed by atoms with van der Waals surface area (Å²) < 4.78 is 50.5. The Labute approximate surface area is 297 Å². The van der Waals surface area contributed by atoms with Gasteiger partial charge >= 0.3 is 11.9 Å². The SMILES string of the molecule is C=C[C@H]1[C@H](O[C@@H]2O[C@H](CO)[C@@H](O)[C@H](O)[C@H]2O)OC=C2C(=O)O[C@@H](OC[C@H]3O[C@@H](O[C@@H]4OC=C(C(=O)OC)[C@H]5C[C@H](O)[C@H](C)[C@@H]45)[C@H](O)[C@@H](O)[C@@H]3O)C[C@H]21. The molecule has 0 aromatic carbocycles. The van der Waals surface area contributed by atoms with Crippen LogP contribution in [0.4, 0.5) is 0 Å². The van der Waals surface area contributed by atoms with Crippen LogP contribution in [-0.4, -0.2) is 160 Å². The number of hydrogen-bond acceptors (Lipinski definition) is 19. The van der Waals surface area contributed by atoms with E-state index in [2.05, 4.69) is 6.58 Å². The second-order valence-electron chi connectivity index (χ2n) is 13.8. The van der Waals surface area contributed by atoms with Crippen LogP contribution in [0, 0.1) is 29.6 Å². The van der Waals surface area contributed by atoms with Crippen LogP contribution in [0.25, 0.3) is 0 Å². The molecule has 1 saturated carbocycles. The van der Waals surface area contributed by atoms with Gasteiger partial charge in [-0.25, -0.2) is 9.59 Å². The Bertz CT molecular complexity index is 1370. The van der Waals surface area contributed by atoms with Crippen molar-refractivity contribution >= 4 is 11.9 Å². The van der Waals surface area contributed by atoms with Gasteiger partial charge in [0.05, 0.1) is 50.1 Å². The monoisotopic (exact) mass is 746 g/mol. The fourth-order valence-electron chi connectivity index (χ4n) is 7.74. The number of hydrogen-bond donors (Lipinski definition) is 8. The third-order valence-electron chi connectivity index (χ3n) is 10.8. The van der Waals surface area contributed by atoms with E-state index in [9.17, 15) is 50.4 Å². The molecule has 19 nitrogen and oxygen atoms in total. The molecule has 0 aromatic heterocycles. The maximum atomic E-state index is 13.0. The zero-order chi connectivity index (χ0) is 37.6. The van der Waals surface area contributed by atoms with Crippen LogP contribution < -0.4 is 0 Å². The van der Waals surface area contributed by atoms with Gasteiger partial charge in [0.2, 0.25) is 18.9 Å². The molecule has 0 amide bonds. The Morgan fingerprint density at radius 3 is 2.10 bits per heavy atom. The van der Waals surface area contributed by atoms with Crippen molar-refractivity contribution in [3.8, 4) is 0 Å². The lowest BCUT2D eigenvalue weighted by molar-refractivity contribution is -0.347. The molecule has 19 atom stereocenters. The third kappa shape index (κ3) is 7.22. The van der Waals surface area contributed by atoms with Crippen molar-refractivity contribution in [3.05, 3.63) is 36.3 Å². The molecule has 0 aromatic rings. The van der Waals surface area contributed by atoms with Crippen molar-refractivity contribution in [2.75, 3.05) is 20.3 Å². The van der Waals surface area contributed by atoms with E-state index < -0.39 is 141 Å². The molecule has 19 heteroatoms. The number of carbonyl (C=O) groups is 2. The van der Waals surface area contributed by atoms with Crippen molar-refractivity contribution in [1.82, 2.24) is 0 Å². The molecule has 0 spiro atoms. The summed E-state index contributed by atoms with van der Waals surface area (Å²) in [4.78, 5) is 25.4. The fourth-order valence-corrected chi connectivity index (χ4v) is 7.74. The number of fused-ring (bicyclic) bond motifs is 2. The summed E-state index contributed by atoms with van der Waals surface area (Å²) in [6.45, 7) is 4.45. The molecule has 1 aliphatic carbocycles. The predicted octanol–water partition coefficient (Wildman–Crippen LogP) is -3.38. The largest absolute Gasteiger partial charge is 0.472 e. The fraction of sp³-hybridized carbons (Fsp3) is 0.758. The van der Waals surface area contributed by atoms with E-state index in [0.717, 1.165) is 6.26 Å². The highest BCUT2D eigenvalue weighted by Crippen LogP contribution is 2.48. The van der Waals surface area contributed by atoms with Crippen LogP contribution in [0.5, 0.6) is 0 Å². The predicted molar refractivity (Wildman–Crippen MR) is 165 cm³/mol. The van der Waals surface area contributed by atoms with Crippen molar-refractivity contribution in [3.63, 3.8) is 0 Å². The quantitative estimate of drug-likeness (QED) is 0.0800. The van der Waals surface area contributed by atoms with Gasteiger partial charge in [0.1, 0.15) is 48.8 Å². The molecule has 292 valence electrons. The number of aliphatic hydroxyl groups excluding tert-OH is 8. The normalized spacial score (nSPS) is 47.4. The van der Waals surface area contributed by atoms with Gasteiger partial charge in [0.25, 0.3) is 0 Å². The summed E-state index contributed by atoms with van der Waals surface area (Å²) in [7, 11) is 1.22. The highest BCUT2D eigenvalue weighted by molar-refractivity contribution is 5.90. The Hall–Kier alpha value is -2.76. The van der Waals surface area contributed by atoms with Crippen LogP contribution in [0.1, 0.15) is 19.8 Å². The van der Waals surface area contributed by atoms with Gasteiger partial charge in [0, 0.05) is 30.1 Å². The molecule has 0 radical (unpaired) electrons. The summed E-state index contributed by atoms with van der Waals surface area (Å²) >= 11 is 0. The molecular weight excluding hydrogens is 700 g/mol. The Kier molecular flexibility index (Phi) is 11.9. The minimum absolute atomic E-state index is 0.0220. The van der Waals surface area contributed by atoms with Crippen LogP contribution in [0.2, 0.25) is 0 Å². The average molecular weight is 747 g/mol. The van der Waals surface area contributed by atoms with Crippen LogP contribution in [0.15, 0.2) is 36.3 Å². The Morgan fingerprint density at radius 2 is 1.46 bits per heavy atom. The third-order valence-corrected chi connectivity index (χ3v) is 10.8. The Morgan fingerprint density at radius 1 is 0.846 bits per heavy atom. The zero-order valence-electron chi connectivity index (χ0n) is 28.3. The van der Waals surface area contributed by atoms with E-state index in [0.29, 0.717) is 0 Å². The number of ether oxygens (including phenoxy) is 9.